The summed E-state index contributed by atoms with van der Waals surface area (Å²) in [6, 6.07) is 31.9. The summed E-state index contributed by atoms with van der Waals surface area (Å²) >= 11 is 0. The van der Waals surface area contributed by atoms with E-state index in [1.54, 1.807) is 13.3 Å². The van der Waals surface area contributed by atoms with Gasteiger partial charge < -0.3 is 19.5 Å². The van der Waals surface area contributed by atoms with Crippen LogP contribution in [0.4, 0.5) is 0 Å². The minimum Gasteiger partial charge on any atom is -0.497 e. The number of hydrogen-bond acceptors (Lipinski definition) is 6. The maximum Gasteiger partial charge on any atom is 0.279 e. The van der Waals surface area contributed by atoms with Gasteiger partial charge in [-0.05, 0) is 77.7 Å². The van der Waals surface area contributed by atoms with Gasteiger partial charge in [0.25, 0.3) is 5.56 Å². The fraction of sp³-hybridized carbons (Fsp3) is 0.357. The van der Waals surface area contributed by atoms with E-state index in [0.717, 1.165) is 40.8 Å². The molecule has 1 fully saturated rings. The van der Waals surface area contributed by atoms with Crippen LogP contribution in [0, 0.1) is 5.92 Å². The van der Waals surface area contributed by atoms with E-state index in [1.807, 2.05) is 65.6 Å². The number of carbonyl (C=O) groups excluding carboxylic acids is 1. The number of aromatic nitrogens is 2. The lowest BCUT2D eigenvalue weighted by molar-refractivity contribution is -0.138. The van der Waals surface area contributed by atoms with E-state index in [2.05, 4.69) is 61.5 Å². The number of aryl methyl sites for hydroxylation is 1. The Morgan fingerprint density at radius 3 is 2.37 bits per heavy atom. The Hall–Kier alpha value is -4.57. The van der Waals surface area contributed by atoms with Crippen LogP contribution in [0.1, 0.15) is 36.5 Å². The standard InChI is InChI=1S/C42H47N3O5Si/c1-28-38(22-15-29-13-16-33(17-14-29)45-42(48)37-12-8-7-10-31(37)25-43-45)50-39(41(28)51(3,4)36-20-18-35(49-2)19-21-36)24-40(47)44-26-32-11-6-5-9-30(32)23-34(44)27-46/h5-14,16-21,25,28,34,38-39,41,46H,15,22-24,26-27H2,1-4H3/t28-,34+,38+,39-,41+/m1/s1. The monoisotopic (exact) mass is 701 g/mol. The first-order valence-corrected chi connectivity index (χ1v) is 21.1. The van der Waals surface area contributed by atoms with Gasteiger partial charge in [-0.25, -0.2) is 0 Å². The number of benzene rings is 4. The SMILES string of the molecule is COc1ccc([Si](C)(C)[C@H]2[C@H](C)[C@H](CCc3ccc(-n4ncc5ccccc5c4=O)cc3)O[C@@H]2CC(=O)N2Cc3ccccc3C[C@H]2CO)cc1. The molecule has 5 aromatic rings. The number of aliphatic hydroxyl groups excluding tert-OH is 1. The van der Waals surface area contributed by atoms with Crippen LogP contribution in [0.15, 0.2) is 108 Å². The fourth-order valence-corrected chi connectivity index (χ4v) is 12.6. The van der Waals surface area contributed by atoms with Gasteiger partial charge in [-0.15, -0.1) is 0 Å². The number of methoxy groups -OCH3 is 1. The highest BCUT2D eigenvalue weighted by molar-refractivity contribution is 6.91. The molecule has 1 amide bonds. The molecule has 7 rings (SSSR count). The smallest absolute Gasteiger partial charge is 0.279 e. The van der Waals surface area contributed by atoms with Crippen LogP contribution in [0.5, 0.6) is 5.75 Å². The Bertz CT molecular complexity index is 2060. The molecule has 0 spiro atoms. The van der Waals surface area contributed by atoms with E-state index in [0.29, 0.717) is 24.8 Å². The molecule has 1 saturated heterocycles. The Labute approximate surface area is 300 Å². The molecule has 1 N–H and O–H groups in total. The summed E-state index contributed by atoms with van der Waals surface area (Å²) in [6.45, 7) is 7.53. The van der Waals surface area contributed by atoms with Crippen LogP contribution in [0.3, 0.4) is 0 Å². The van der Waals surface area contributed by atoms with Gasteiger partial charge in [0.1, 0.15) is 5.75 Å². The average Bonchev–Trinajstić information content (AvgIpc) is 3.48. The largest absolute Gasteiger partial charge is 0.497 e. The third-order valence-electron chi connectivity index (χ3n) is 11.4. The summed E-state index contributed by atoms with van der Waals surface area (Å²) in [4.78, 5) is 29.2. The van der Waals surface area contributed by atoms with Crippen molar-refractivity contribution in [3.05, 3.63) is 130 Å². The number of fused-ring (bicyclic) bond motifs is 2. The van der Waals surface area contributed by atoms with Crippen molar-refractivity contribution in [2.45, 2.75) is 76.0 Å². The van der Waals surface area contributed by atoms with E-state index >= 15 is 0 Å². The first-order chi connectivity index (χ1) is 24.7. The van der Waals surface area contributed by atoms with Crippen molar-refractivity contribution < 1.29 is 19.4 Å². The van der Waals surface area contributed by atoms with Crippen LogP contribution in [0.25, 0.3) is 16.5 Å². The second-order valence-corrected chi connectivity index (χ2v) is 19.4. The molecule has 0 unspecified atom stereocenters. The molecule has 51 heavy (non-hydrogen) atoms. The molecular formula is C42H47N3O5Si. The topological polar surface area (TPSA) is 93.9 Å². The number of hydrogen-bond donors (Lipinski definition) is 1. The maximum absolute atomic E-state index is 14.2. The molecule has 5 atom stereocenters. The number of ether oxygens (including phenoxy) is 2. The average molecular weight is 702 g/mol. The molecule has 4 aromatic carbocycles. The van der Waals surface area contributed by atoms with E-state index in [4.69, 9.17) is 9.47 Å². The summed E-state index contributed by atoms with van der Waals surface area (Å²) < 4.78 is 13.9. The van der Waals surface area contributed by atoms with Crippen LogP contribution in [-0.2, 0) is 28.9 Å². The van der Waals surface area contributed by atoms with Gasteiger partial charge in [0.2, 0.25) is 5.91 Å². The molecule has 3 heterocycles. The predicted molar refractivity (Wildman–Crippen MR) is 204 cm³/mol. The van der Waals surface area contributed by atoms with Gasteiger partial charge in [0.05, 0.1) is 63.7 Å². The Morgan fingerprint density at radius 1 is 0.941 bits per heavy atom. The van der Waals surface area contributed by atoms with Crippen molar-refractivity contribution in [3.63, 3.8) is 0 Å². The van der Waals surface area contributed by atoms with Crippen molar-refractivity contribution in [1.29, 1.82) is 0 Å². The second-order valence-electron chi connectivity index (χ2n) is 14.7. The van der Waals surface area contributed by atoms with Crippen LogP contribution in [0.2, 0.25) is 18.6 Å². The highest BCUT2D eigenvalue weighted by Crippen LogP contribution is 2.47. The molecule has 9 heteroatoms. The number of rotatable bonds is 10. The molecule has 0 radical (unpaired) electrons. The highest BCUT2D eigenvalue weighted by Gasteiger charge is 2.51. The summed E-state index contributed by atoms with van der Waals surface area (Å²) in [5, 5.41) is 17.5. The normalized spacial score (nSPS) is 21.8. The molecule has 8 nitrogen and oxygen atoms in total. The first kappa shape index (κ1) is 34.9. The molecular weight excluding hydrogens is 655 g/mol. The maximum atomic E-state index is 14.2. The van der Waals surface area contributed by atoms with Crippen molar-refractivity contribution in [3.8, 4) is 11.4 Å². The second kappa shape index (κ2) is 14.6. The van der Waals surface area contributed by atoms with E-state index < -0.39 is 8.07 Å². The van der Waals surface area contributed by atoms with Crippen molar-refractivity contribution >= 4 is 29.9 Å². The molecule has 0 bridgehead atoms. The minimum absolute atomic E-state index is 0.0157. The third-order valence-corrected chi connectivity index (χ3v) is 15.8. The zero-order chi connectivity index (χ0) is 35.7. The van der Waals surface area contributed by atoms with Crippen molar-refractivity contribution in [2.24, 2.45) is 5.92 Å². The summed E-state index contributed by atoms with van der Waals surface area (Å²) in [5.41, 5.74) is 4.30. The zero-order valence-corrected chi connectivity index (χ0v) is 30.9. The van der Waals surface area contributed by atoms with E-state index in [9.17, 15) is 14.7 Å². The Morgan fingerprint density at radius 2 is 1.65 bits per heavy atom. The van der Waals surface area contributed by atoms with E-state index in [-0.39, 0.29) is 47.8 Å². The first-order valence-electron chi connectivity index (χ1n) is 18.0. The van der Waals surface area contributed by atoms with Gasteiger partial charge in [-0.2, -0.15) is 9.78 Å². The van der Waals surface area contributed by atoms with Gasteiger partial charge in [0, 0.05) is 11.9 Å². The molecule has 2 aliphatic heterocycles. The molecule has 2 aliphatic rings. The summed E-state index contributed by atoms with van der Waals surface area (Å²) in [5.74, 6) is 1.11. The minimum atomic E-state index is -2.17. The van der Waals surface area contributed by atoms with Gasteiger partial charge >= 0.3 is 0 Å². The van der Waals surface area contributed by atoms with Crippen molar-refractivity contribution in [2.75, 3.05) is 13.7 Å². The number of aliphatic hydroxyl groups is 1. The molecule has 0 saturated carbocycles. The van der Waals surface area contributed by atoms with Gasteiger partial charge in [-0.3, -0.25) is 9.59 Å². The third kappa shape index (κ3) is 6.90. The van der Waals surface area contributed by atoms with Crippen LogP contribution < -0.4 is 15.5 Å². The number of amides is 1. The summed E-state index contributed by atoms with van der Waals surface area (Å²) in [7, 11) is -0.484. The highest BCUT2D eigenvalue weighted by atomic mass is 28.3. The lowest BCUT2D eigenvalue weighted by Crippen LogP contribution is -2.52. The molecule has 0 aliphatic carbocycles. The molecule has 1 aromatic heterocycles. The van der Waals surface area contributed by atoms with Crippen LogP contribution >= 0.6 is 0 Å². The zero-order valence-electron chi connectivity index (χ0n) is 29.9. The van der Waals surface area contributed by atoms with E-state index in [1.165, 1.54) is 15.4 Å². The lowest BCUT2D eigenvalue weighted by Gasteiger charge is -2.39. The quantitative estimate of drug-likeness (QED) is 0.178. The lowest BCUT2D eigenvalue weighted by atomic mass is 9.93. The number of nitrogens with zero attached hydrogens (tertiary/aromatic N) is 3. The Balaban J connectivity index is 1.10. The Kier molecular flexibility index (Phi) is 9.96. The van der Waals surface area contributed by atoms with Crippen molar-refractivity contribution in [1.82, 2.24) is 14.7 Å². The predicted octanol–water partition coefficient (Wildman–Crippen LogP) is 6.05. The van der Waals surface area contributed by atoms with Gasteiger partial charge in [0.15, 0.2) is 0 Å². The van der Waals surface area contributed by atoms with Gasteiger partial charge in [-0.1, -0.05) is 91.9 Å². The van der Waals surface area contributed by atoms with Crippen LogP contribution in [-0.4, -0.2) is 65.7 Å². The summed E-state index contributed by atoms with van der Waals surface area (Å²) in [6.07, 6.45) is 4.06. The number of carbonyl (C=O) groups is 1. The fourth-order valence-electron chi connectivity index (χ4n) is 8.56. The molecule has 264 valence electrons.